The standard InChI is InChI=1S/C37H32N4O2/c42-36(40-38-24-34-30-16-8-4-12-26(30)22-27-13-5-9-17-31(27)34)20-2-1-3-21-37(43)41-39-25-35-32-18-10-6-14-28(32)23-29-15-7-11-19-33(29)35/h4-19,22-25H,1-3,20-21H2,(H,40,42)(H,41,43)/b38-24+,39-25+. The molecule has 2 amide bonds. The molecule has 0 saturated heterocycles. The molecule has 0 heterocycles. The third-order valence-electron chi connectivity index (χ3n) is 7.70. The number of amides is 2. The Morgan fingerprint density at radius 2 is 0.814 bits per heavy atom. The van der Waals surface area contributed by atoms with E-state index in [1.807, 2.05) is 48.5 Å². The molecule has 6 aromatic rings. The van der Waals surface area contributed by atoms with E-state index in [0.717, 1.165) is 60.6 Å². The van der Waals surface area contributed by atoms with Crippen molar-refractivity contribution in [3.63, 3.8) is 0 Å². The number of hydrazone groups is 2. The highest BCUT2D eigenvalue weighted by Crippen LogP contribution is 2.28. The molecule has 212 valence electrons. The maximum absolute atomic E-state index is 12.4. The van der Waals surface area contributed by atoms with Crippen molar-refractivity contribution in [3.8, 4) is 0 Å². The summed E-state index contributed by atoms with van der Waals surface area (Å²) >= 11 is 0. The number of unbranched alkanes of at least 4 members (excludes halogenated alkanes) is 2. The van der Waals surface area contributed by atoms with Crippen LogP contribution in [0.5, 0.6) is 0 Å². The third kappa shape index (κ3) is 6.44. The Labute approximate surface area is 250 Å². The van der Waals surface area contributed by atoms with Gasteiger partial charge in [-0.05, 0) is 68.1 Å². The number of hydrogen-bond donors (Lipinski definition) is 2. The van der Waals surface area contributed by atoms with Gasteiger partial charge in [0.2, 0.25) is 11.8 Å². The molecule has 6 nitrogen and oxygen atoms in total. The Morgan fingerprint density at radius 1 is 0.488 bits per heavy atom. The van der Waals surface area contributed by atoms with E-state index in [1.54, 1.807) is 12.4 Å². The van der Waals surface area contributed by atoms with Gasteiger partial charge in [0.25, 0.3) is 0 Å². The first-order chi connectivity index (χ1) is 21.2. The lowest BCUT2D eigenvalue weighted by atomic mass is 9.97. The van der Waals surface area contributed by atoms with E-state index in [-0.39, 0.29) is 11.8 Å². The Bertz CT molecular complexity index is 1760. The summed E-state index contributed by atoms with van der Waals surface area (Å²) in [6.07, 6.45) is 6.27. The van der Waals surface area contributed by atoms with Gasteiger partial charge in [-0.25, -0.2) is 10.9 Å². The molecule has 0 aliphatic rings. The van der Waals surface area contributed by atoms with E-state index >= 15 is 0 Å². The first kappa shape index (κ1) is 27.8. The highest BCUT2D eigenvalue weighted by molar-refractivity contribution is 6.14. The van der Waals surface area contributed by atoms with Gasteiger partial charge in [0.05, 0.1) is 12.4 Å². The number of hydrogen-bond acceptors (Lipinski definition) is 4. The van der Waals surface area contributed by atoms with Crippen LogP contribution in [0.15, 0.2) is 119 Å². The highest BCUT2D eigenvalue weighted by Gasteiger charge is 2.08. The fourth-order valence-corrected chi connectivity index (χ4v) is 5.57. The lowest BCUT2D eigenvalue weighted by Crippen LogP contribution is -2.18. The number of rotatable bonds is 10. The van der Waals surface area contributed by atoms with E-state index in [4.69, 9.17) is 0 Å². The molecule has 0 spiro atoms. The van der Waals surface area contributed by atoms with E-state index in [1.165, 1.54) is 0 Å². The van der Waals surface area contributed by atoms with Gasteiger partial charge < -0.3 is 0 Å². The minimum absolute atomic E-state index is 0.142. The zero-order valence-corrected chi connectivity index (χ0v) is 23.8. The van der Waals surface area contributed by atoms with E-state index in [0.29, 0.717) is 25.7 Å². The smallest absolute Gasteiger partial charge is 0.240 e. The summed E-state index contributed by atoms with van der Waals surface area (Å²) in [4.78, 5) is 24.8. The molecule has 6 heteroatoms. The molecule has 0 bridgehead atoms. The van der Waals surface area contributed by atoms with Crippen LogP contribution in [-0.2, 0) is 9.59 Å². The molecule has 6 aromatic carbocycles. The fourth-order valence-electron chi connectivity index (χ4n) is 5.57. The van der Waals surface area contributed by atoms with Gasteiger partial charge in [0, 0.05) is 24.0 Å². The second kappa shape index (κ2) is 13.1. The average Bonchev–Trinajstić information content (AvgIpc) is 3.04. The summed E-state index contributed by atoms with van der Waals surface area (Å²) in [5.74, 6) is -0.283. The summed E-state index contributed by atoms with van der Waals surface area (Å²) in [5.41, 5.74) is 7.29. The van der Waals surface area contributed by atoms with Crippen molar-refractivity contribution in [2.45, 2.75) is 32.1 Å². The normalized spacial score (nSPS) is 11.7. The highest BCUT2D eigenvalue weighted by atomic mass is 16.2. The maximum Gasteiger partial charge on any atom is 0.240 e. The third-order valence-corrected chi connectivity index (χ3v) is 7.70. The molecule has 43 heavy (non-hydrogen) atoms. The van der Waals surface area contributed by atoms with Crippen molar-refractivity contribution in [2.75, 3.05) is 0 Å². The van der Waals surface area contributed by atoms with Gasteiger partial charge in [0.1, 0.15) is 0 Å². The van der Waals surface area contributed by atoms with Crippen LogP contribution >= 0.6 is 0 Å². The monoisotopic (exact) mass is 564 g/mol. The number of nitrogens with zero attached hydrogens (tertiary/aromatic N) is 2. The van der Waals surface area contributed by atoms with Crippen LogP contribution in [0, 0.1) is 0 Å². The summed E-state index contributed by atoms with van der Waals surface area (Å²) < 4.78 is 0. The lowest BCUT2D eigenvalue weighted by molar-refractivity contribution is -0.121. The van der Waals surface area contributed by atoms with Crippen molar-refractivity contribution in [3.05, 3.63) is 120 Å². The van der Waals surface area contributed by atoms with Gasteiger partial charge in [0.15, 0.2) is 0 Å². The minimum Gasteiger partial charge on any atom is -0.273 e. The molecule has 0 radical (unpaired) electrons. The van der Waals surface area contributed by atoms with Crippen LogP contribution < -0.4 is 10.9 Å². The van der Waals surface area contributed by atoms with Crippen LogP contribution in [0.2, 0.25) is 0 Å². The van der Waals surface area contributed by atoms with Gasteiger partial charge in [-0.2, -0.15) is 10.2 Å². The molecule has 0 aliphatic carbocycles. The quantitative estimate of drug-likeness (QED) is 0.0769. The molecule has 0 atom stereocenters. The Balaban J connectivity index is 0.969. The van der Waals surface area contributed by atoms with Crippen LogP contribution in [-0.4, -0.2) is 24.2 Å². The molecule has 0 fully saturated rings. The number of benzene rings is 6. The van der Waals surface area contributed by atoms with Crippen molar-refractivity contribution in [1.29, 1.82) is 0 Å². The van der Waals surface area contributed by atoms with Crippen molar-refractivity contribution in [2.24, 2.45) is 10.2 Å². The largest absolute Gasteiger partial charge is 0.273 e. The zero-order valence-electron chi connectivity index (χ0n) is 23.8. The summed E-state index contributed by atoms with van der Waals surface area (Å²) in [6, 6.07) is 37.0. The molecular formula is C37H32N4O2. The number of carbonyl (C=O) groups is 2. The molecule has 6 rings (SSSR count). The van der Waals surface area contributed by atoms with Crippen molar-refractivity contribution < 1.29 is 9.59 Å². The summed E-state index contributed by atoms with van der Waals surface area (Å²) in [6.45, 7) is 0. The molecule has 0 saturated carbocycles. The zero-order chi connectivity index (χ0) is 29.4. The summed E-state index contributed by atoms with van der Waals surface area (Å²) in [5, 5.41) is 17.4. The second-order valence-electron chi connectivity index (χ2n) is 10.6. The first-order valence-corrected chi connectivity index (χ1v) is 14.6. The van der Waals surface area contributed by atoms with Crippen LogP contribution in [0.1, 0.15) is 43.2 Å². The Kier molecular flexibility index (Phi) is 8.46. The SMILES string of the molecule is O=C(CCCCCC(=O)N/N=C/c1c2ccccc2cc2ccccc12)N/N=C/c1c2ccccc2cc2ccccc12. The van der Waals surface area contributed by atoms with E-state index in [2.05, 4.69) is 81.7 Å². The lowest BCUT2D eigenvalue weighted by Gasteiger charge is -2.08. The maximum atomic E-state index is 12.4. The van der Waals surface area contributed by atoms with Gasteiger partial charge in [-0.15, -0.1) is 0 Å². The number of carbonyl (C=O) groups excluding carboxylic acids is 2. The van der Waals surface area contributed by atoms with Gasteiger partial charge in [-0.1, -0.05) is 103 Å². The Hall–Kier alpha value is -5.36. The van der Waals surface area contributed by atoms with E-state index in [9.17, 15) is 9.59 Å². The summed E-state index contributed by atoms with van der Waals surface area (Å²) in [7, 11) is 0. The number of nitrogens with one attached hydrogen (secondary N) is 2. The molecular weight excluding hydrogens is 532 g/mol. The van der Waals surface area contributed by atoms with Crippen LogP contribution in [0.4, 0.5) is 0 Å². The second-order valence-corrected chi connectivity index (χ2v) is 10.6. The molecule has 0 aromatic heterocycles. The van der Waals surface area contributed by atoms with Gasteiger partial charge in [-0.3, -0.25) is 9.59 Å². The fraction of sp³-hybridized carbons (Fsp3) is 0.135. The molecule has 0 aliphatic heterocycles. The Morgan fingerprint density at radius 3 is 1.16 bits per heavy atom. The predicted molar refractivity (Wildman–Crippen MR) is 177 cm³/mol. The van der Waals surface area contributed by atoms with Crippen molar-refractivity contribution >= 4 is 67.3 Å². The molecule has 2 N–H and O–H groups in total. The van der Waals surface area contributed by atoms with Crippen LogP contribution in [0.25, 0.3) is 43.1 Å². The predicted octanol–water partition coefficient (Wildman–Crippen LogP) is 7.85. The first-order valence-electron chi connectivity index (χ1n) is 14.6. The molecule has 0 unspecified atom stereocenters. The van der Waals surface area contributed by atoms with Crippen LogP contribution in [0.3, 0.4) is 0 Å². The topological polar surface area (TPSA) is 82.9 Å². The van der Waals surface area contributed by atoms with E-state index < -0.39 is 0 Å². The number of fused-ring (bicyclic) bond motifs is 4. The van der Waals surface area contributed by atoms with Gasteiger partial charge >= 0.3 is 0 Å². The minimum atomic E-state index is -0.142. The average molecular weight is 565 g/mol. The van der Waals surface area contributed by atoms with Crippen molar-refractivity contribution in [1.82, 2.24) is 10.9 Å².